The molecule has 0 spiro atoms. The van der Waals surface area contributed by atoms with Gasteiger partial charge < -0.3 is 15.2 Å². The summed E-state index contributed by atoms with van der Waals surface area (Å²) in [5, 5.41) is 13.8. The van der Waals surface area contributed by atoms with Gasteiger partial charge >= 0.3 is 0 Å². The largest absolute Gasteiger partial charge is 0.347 e. The Morgan fingerprint density at radius 3 is 2.71 bits per heavy atom. The van der Waals surface area contributed by atoms with Crippen molar-refractivity contribution in [3.8, 4) is 0 Å². The molecule has 0 saturated heterocycles. The van der Waals surface area contributed by atoms with Crippen LogP contribution in [-0.4, -0.2) is 33.1 Å². The summed E-state index contributed by atoms with van der Waals surface area (Å²) in [4.78, 5) is 23.8. The molecule has 0 bridgehead atoms. The van der Waals surface area contributed by atoms with Crippen LogP contribution in [0.15, 0.2) is 30.3 Å². The van der Waals surface area contributed by atoms with Gasteiger partial charge in [-0.1, -0.05) is 24.6 Å². The molecule has 7 heteroatoms. The number of carbonyl (C=O) groups is 2. The van der Waals surface area contributed by atoms with E-state index in [2.05, 4.69) is 25.4 Å². The van der Waals surface area contributed by atoms with Crippen molar-refractivity contribution in [2.75, 3.05) is 6.54 Å². The van der Waals surface area contributed by atoms with Crippen LogP contribution in [0.5, 0.6) is 0 Å². The predicted molar refractivity (Wildman–Crippen MR) is 88.2 cm³/mol. The van der Waals surface area contributed by atoms with Crippen LogP contribution in [0, 0.1) is 0 Å². The lowest BCUT2D eigenvalue weighted by molar-refractivity contribution is -0.120. The molecule has 1 aromatic carbocycles. The van der Waals surface area contributed by atoms with Crippen LogP contribution in [0.25, 0.3) is 0 Å². The summed E-state index contributed by atoms with van der Waals surface area (Å²) in [5.74, 6) is 1.26. The number of nitrogens with zero attached hydrogens (tertiary/aromatic N) is 3. The van der Waals surface area contributed by atoms with Crippen molar-refractivity contribution in [3.63, 3.8) is 0 Å². The minimum Gasteiger partial charge on any atom is -0.347 e. The molecule has 0 unspecified atom stereocenters. The molecule has 24 heavy (non-hydrogen) atoms. The quantitative estimate of drug-likeness (QED) is 0.859. The first-order chi connectivity index (χ1) is 11.7. The summed E-state index contributed by atoms with van der Waals surface area (Å²) in [6.07, 6.45) is 4.38. The average molecular weight is 327 g/mol. The molecular formula is C17H21N5O2. The molecule has 1 aliphatic rings. The summed E-state index contributed by atoms with van der Waals surface area (Å²) < 4.78 is 2.09. The smallest absolute Gasteiger partial charge is 0.251 e. The highest BCUT2D eigenvalue weighted by atomic mass is 16.2. The lowest BCUT2D eigenvalue weighted by atomic mass is 10.2. The van der Waals surface area contributed by atoms with E-state index < -0.39 is 0 Å². The number of carbonyl (C=O) groups excluding carboxylic acids is 2. The first-order valence-corrected chi connectivity index (χ1v) is 8.25. The Balaban J connectivity index is 1.48. The van der Waals surface area contributed by atoms with Gasteiger partial charge in [-0.2, -0.15) is 0 Å². The average Bonchev–Trinajstić information content (AvgIpc) is 2.85. The molecule has 0 saturated carbocycles. The second kappa shape index (κ2) is 7.72. The molecule has 1 aromatic heterocycles. The molecule has 0 fully saturated rings. The highest BCUT2D eigenvalue weighted by Gasteiger charge is 2.15. The Hall–Kier alpha value is -2.70. The number of hydrogen-bond acceptors (Lipinski definition) is 4. The number of nitrogens with one attached hydrogen (secondary N) is 2. The number of amides is 2. The Kier molecular flexibility index (Phi) is 5.20. The van der Waals surface area contributed by atoms with E-state index in [1.54, 1.807) is 24.3 Å². The predicted octanol–water partition coefficient (Wildman–Crippen LogP) is 1.05. The Labute approximate surface area is 140 Å². The molecule has 2 aromatic rings. The standard InChI is InChI=1S/C17H21N5O2/c23-16(12-19-17(24)13-7-3-1-4-8-13)18-11-15-21-20-14-9-5-2-6-10-22(14)15/h1,3-4,7-8H,2,5-6,9-12H2,(H,18,23)(H,19,24). The zero-order valence-corrected chi connectivity index (χ0v) is 13.5. The van der Waals surface area contributed by atoms with Gasteiger partial charge in [0.05, 0.1) is 13.1 Å². The number of benzene rings is 1. The van der Waals surface area contributed by atoms with Gasteiger partial charge in [-0.15, -0.1) is 10.2 Å². The number of fused-ring (bicyclic) bond motifs is 1. The van der Waals surface area contributed by atoms with Gasteiger partial charge in [0.2, 0.25) is 5.91 Å². The van der Waals surface area contributed by atoms with Crippen molar-refractivity contribution < 1.29 is 9.59 Å². The summed E-state index contributed by atoms with van der Waals surface area (Å²) in [5.41, 5.74) is 0.535. The third kappa shape index (κ3) is 3.98. The van der Waals surface area contributed by atoms with Crippen LogP contribution < -0.4 is 10.6 Å². The van der Waals surface area contributed by atoms with E-state index in [0.717, 1.165) is 37.5 Å². The van der Waals surface area contributed by atoms with Crippen LogP contribution in [0.1, 0.15) is 41.3 Å². The van der Waals surface area contributed by atoms with E-state index in [4.69, 9.17) is 0 Å². The van der Waals surface area contributed by atoms with Crippen LogP contribution in [0.4, 0.5) is 0 Å². The van der Waals surface area contributed by atoms with E-state index in [9.17, 15) is 9.59 Å². The van der Waals surface area contributed by atoms with Crippen LogP contribution >= 0.6 is 0 Å². The van der Waals surface area contributed by atoms with Crippen LogP contribution in [-0.2, 0) is 24.3 Å². The molecule has 2 amide bonds. The van der Waals surface area contributed by atoms with Gasteiger partial charge in [-0.25, -0.2) is 0 Å². The normalized spacial score (nSPS) is 13.7. The third-order valence-electron chi connectivity index (χ3n) is 4.08. The van der Waals surface area contributed by atoms with Gasteiger partial charge in [0.15, 0.2) is 5.82 Å². The lowest BCUT2D eigenvalue weighted by Gasteiger charge is -2.09. The van der Waals surface area contributed by atoms with Gasteiger partial charge in [0, 0.05) is 18.5 Å². The number of rotatable bonds is 5. The topological polar surface area (TPSA) is 88.9 Å². The fourth-order valence-corrected chi connectivity index (χ4v) is 2.77. The van der Waals surface area contributed by atoms with E-state index in [-0.39, 0.29) is 18.4 Å². The molecule has 7 nitrogen and oxygen atoms in total. The van der Waals surface area contributed by atoms with Crippen molar-refractivity contribution in [1.82, 2.24) is 25.4 Å². The highest BCUT2D eigenvalue weighted by Crippen LogP contribution is 2.14. The molecule has 1 aliphatic heterocycles. The maximum absolute atomic E-state index is 11.9. The number of hydrogen-bond donors (Lipinski definition) is 2. The summed E-state index contributed by atoms with van der Waals surface area (Å²) >= 11 is 0. The summed E-state index contributed by atoms with van der Waals surface area (Å²) in [7, 11) is 0. The van der Waals surface area contributed by atoms with Gasteiger partial charge in [-0.05, 0) is 25.0 Å². The molecule has 2 heterocycles. The van der Waals surface area contributed by atoms with E-state index in [0.29, 0.717) is 12.1 Å². The SMILES string of the molecule is O=C(CNC(=O)c1ccccc1)NCc1nnc2n1CCCCC2. The first kappa shape index (κ1) is 16.2. The van der Waals surface area contributed by atoms with Gasteiger partial charge in [0.25, 0.3) is 5.91 Å². The van der Waals surface area contributed by atoms with E-state index >= 15 is 0 Å². The van der Waals surface area contributed by atoms with E-state index in [1.807, 2.05) is 6.07 Å². The Morgan fingerprint density at radius 1 is 1.04 bits per heavy atom. The zero-order valence-electron chi connectivity index (χ0n) is 13.5. The van der Waals surface area contributed by atoms with E-state index in [1.165, 1.54) is 6.42 Å². The molecular weight excluding hydrogens is 306 g/mol. The van der Waals surface area contributed by atoms with Crippen molar-refractivity contribution in [1.29, 1.82) is 0 Å². The molecule has 3 rings (SSSR count). The third-order valence-corrected chi connectivity index (χ3v) is 4.08. The van der Waals surface area contributed by atoms with Gasteiger partial charge in [0.1, 0.15) is 5.82 Å². The van der Waals surface area contributed by atoms with Crippen molar-refractivity contribution in [3.05, 3.63) is 47.5 Å². The maximum atomic E-state index is 11.9. The first-order valence-electron chi connectivity index (χ1n) is 8.25. The monoisotopic (exact) mass is 327 g/mol. The van der Waals surface area contributed by atoms with Gasteiger partial charge in [-0.3, -0.25) is 9.59 Å². The molecule has 0 atom stereocenters. The Bertz CT molecular complexity index is 711. The fourth-order valence-electron chi connectivity index (χ4n) is 2.77. The second-order valence-electron chi connectivity index (χ2n) is 5.82. The van der Waals surface area contributed by atoms with Crippen molar-refractivity contribution in [2.45, 2.75) is 38.8 Å². The number of aromatic nitrogens is 3. The molecule has 0 radical (unpaired) electrons. The molecule has 126 valence electrons. The number of aryl methyl sites for hydroxylation is 1. The fraction of sp³-hybridized carbons (Fsp3) is 0.412. The zero-order chi connectivity index (χ0) is 16.8. The summed E-state index contributed by atoms with van der Waals surface area (Å²) in [6.45, 7) is 1.17. The lowest BCUT2D eigenvalue weighted by Crippen LogP contribution is -2.37. The minimum absolute atomic E-state index is 0.0608. The molecule has 0 aliphatic carbocycles. The summed E-state index contributed by atoms with van der Waals surface area (Å²) in [6, 6.07) is 8.82. The minimum atomic E-state index is -0.262. The molecule has 2 N–H and O–H groups in total. The maximum Gasteiger partial charge on any atom is 0.251 e. The van der Waals surface area contributed by atoms with Crippen LogP contribution in [0.3, 0.4) is 0 Å². The van der Waals surface area contributed by atoms with Crippen LogP contribution in [0.2, 0.25) is 0 Å². The highest BCUT2D eigenvalue weighted by molar-refractivity contribution is 5.96. The van der Waals surface area contributed by atoms with Crippen molar-refractivity contribution >= 4 is 11.8 Å². The Morgan fingerprint density at radius 2 is 1.88 bits per heavy atom. The van der Waals surface area contributed by atoms with Crippen molar-refractivity contribution in [2.24, 2.45) is 0 Å². The second-order valence-corrected chi connectivity index (χ2v) is 5.82.